The summed E-state index contributed by atoms with van der Waals surface area (Å²) in [5.74, 6) is 3.54. The molecule has 0 bridgehead atoms. The van der Waals surface area contributed by atoms with Gasteiger partial charge >= 0.3 is 0 Å². The molecule has 0 aromatic carbocycles. The van der Waals surface area contributed by atoms with E-state index in [1.165, 1.54) is 63.2 Å². The van der Waals surface area contributed by atoms with Gasteiger partial charge in [-0.15, -0.1) is 0 Å². The van der Waals surface area contributed by atoms with Crippen molar-refractivity contribution in [1.29, 1.82) is 0 Å². The summed E-state index contributed by atoms with van der Waals surface area (Å²) in [7, 11) is 0. The number of hydrogen-bond donors (Lipinski definition) is 1. The summed E-state index contributed by atoms with van der Waals surface area (Å²) < 4.78 is 0. The molecule has 2 nitrogen and oxygen atoms in total. The lowest BCUT2D eigenvalue weighted by Crippen LogP contribution is -2.64. The van der Waals surface area contributed by atoms with E-state index in [0.29, 0.717) is 5.54 Å². The summed E-state index contributed by atoms with van der Waals surface area (Å²) in [6.45, 7) is 10.8. The third-order valence-corrected chi connectivity index (χ3v) is 5.81. The van der Waals surface area contributed by atoms with Gasteiger partial charge in [0.15, 0.2) is 0 Å². The summed E-state index contributed by atoms with van der Waals surface area (Å²) in [6, 6.07) is 0.781. The highest BCUT2D eigenvalue weighted by Gasteiger charge is 2.45. The van der Waals surface area contributed by atoms with Crippen LogP contribution in [-0.2, 0) is 0 Å². The van der Waals surface area contributed by atoms with Crippen molar-refractivity contribution in [2.24, 2.45) is 5.92 Å². The zero-order valence-electron chi connectivity index (χ0n) is 13.1. The molecule has 0 radical (unpaired) electrons. The van der Waals surface area contributed by atoms with Crippen LogP contribution in [-0.4, -0.2) is 47.6 Å². The normalized spacial score (nSPS) is 32.7. The van der Waals surface area contributed by atoms with Crippen LogP contribution in [0.2, 0.25) is 0 Å². The molecule has 2 aliphatic rings. The third-order valence-electron chi connectivity index (χ3n) is 4.83. The predicted molar refractivity (Wildman–Crippen MR) is 87.0 cm³/mol. The van der Waals surface area contributed by atoms with Gasteiger partial charge in [0.25, 0.3) is 0 Å². The summed E-state index contributed by atoms with van der Waals surface area (Å²) >= 11 is 2.09. The summed E-state index contributed by atoms with van der Waals surface area (Å²) in [6.07, 6.45) is 6.92. The molecule has 19 heavy (non-hydrogen) atoms. The van der Waals surface area contributed by atoms with E-state index in [9.17, 15) is 0 Å². The van der Waals surface area contributed by atoms with E-state index >= 15 is 0 Å². The molecular formula is C16H32N2S. The van der Waals surface area contributed by atoms with Crippen LogP contribution in [0.25, 0.3) is 0 Å². The molecule has 1 aliphatic heterocycles. The van der Waals surface area contributed by atoms with Gasteiger partial charge in [0.05, 0.1) is 0 Å². The minimum absolute atomic E-state index is 0.405. The maximum atomic E-state index is 3.88. The van der Waals surface area contributed by atoms with Gasteiger partial charge in [-0.25, -0.2) is 0 Å². The maximum absolute atomic E-state index is 3.88. The Bertz CT molecular complexity index is 267. The summed E-state index contributed by atoms with van der Waals surface area (Å²) in [5.41, 5.74) is 0.405. The molecule has 112 valence electrons. The predicted octanol–water partition coefficient (Wildman–Crippen LogP) is 3.37. The number of nitrogens with one attached hydrogen (secondary N) is 1. The van der Waals surface area contributed by atoms with E-state index in [4.69, 9.17) is 0 Å². The van der Waals surface area contributed by atoms with Crippen LogP contribution in [0.3, 0.4) is 0 Å². The lowest BCUT2D eigenvalue weighted by atomic mass is 9.90. The summed E-state index contributed by atoms with van der Waals surface area (Å²) in [5, 5.41) is 3.88. The molecule has 1 aliphatic carbocycles. The fourth-order valence-corrected chi connectivity index (χ4v) is 4.10. The molecule has 1 heterocycles. The number of nitrogens with zero attached hydrogens (tertiary/aromatic N) is 1. The molecule has 0 aromatic heterocycles. The van der Waals surface area contributed by atoms with Crippen molar-refractivity contribution < 1.29 is 0 Å². The monoisotopic (exact) mass is 284 g/mol. The molecule has 3 heteroatoms. The molecule has 0 spiro atoms. The van der Waals surface area contributed by atoms with Crippen molar-refractivity contribution in [3.63, 3.8) is 0 Å². The van der Waals surface area contributed by atoms with Gasteiger partial charge < -0.3 is 5.32 Å². The van der Waals surface area contributed by atoms with Crippen molar-refractivity contribution in [3.05, 3.63) is 0 Å². The lowest BCUT2D eigenvalue weighted by molar-refractivity contribution is 0.0706. The summed E-state index contributed by atoms with van der Waals surface area (Å²) in [4.78, 5) is 2.80. The SMILES string of the molecule is CCCC1CNC(C)(C2CC2)CN1CCCSCC. The quantitative estimate of drug-likeness (QED) is 0.688. The van der Waals surface area contributed by atoms with Crippen molar-refractivity contribution in [3.8, 4) is 0 Å². The highest BCUT2D eigenvalue weighted by molar-refractivity contribution is 7.99. The Balaban J connectivity index is 1.84. The molecule has 2 rings (SSSR count). The first-order valence-electron chi connectivity index (χ1n) is 8.26. The average molecular weight is 285 g/mol. The topological polar surface area (TPSA) is 15.3 Å². The zero-order chi connectivity index (χ0) is 13.7. The van der Waals surface area contributed by atoms with Crippen LogP contribution >= 0.6 is 11.8 Å². The van der Waals surface area contributed by atoms with E-state index in [1.54, 1.807) is 0 Å². The molecule has 1 saturated carbocycles. The van der Waals surface area contributed by atoms with Crippen LogP contribution < -0.4 is 5.32 Å². The lowest BCUT2D eigenvalue weighted by Gasteiger charge is -2.47. The van der Waals surface area contributed by atoms with E-state index in [-0.39, 0.29) is 0 Å². The molecule has 2 fully saturated rings. The Kier molecular flexibility index (Phi) is 6.04. The van der Waals surface area contributed by atoms with Gasteiger partial charge in [-0.3, -0.25) is 4.90 Å². The standard InChI is InChI=1S/C16H32N2S/c1-4-7-15-12-17-16(3,14-8-9-14)13-18(15)10-6-11-19-5-2/h14-15,17H,4-13H2,1-3H3. The molecule has 0 aromatic rings. The van der Waals surface area contributed by atoms with Crippen molar-refractivity contribution >= 4 is 11.8 Å². The molecule has 2 unspecified atom stereocenters. The highest BCUT2D eigenvalue weighted by atomic mass is 32.2. The molecule has 0 amide bonds. The van der Waals surface area contributed by atoms with E-state index in [1.807, 2.05) is 0 Å². The van der Waals surface area contributed by atoms with Crippen LogP contribution in [0.15, 0.2) is 0 Å². The highest BCUT2D eigenvalue weighted by Crippen LogP contribution is 2.41. The van der Waals surface area contributed by atoms with Crippen molar-refractivity contribution in [2.45, 2.75) is 64.5 Å². The number of hydrogen-bond acceptors (Lipinski definition) is 3. The van der Waals surface area contributed by atoms with Crippen LogP contribution in [0.4, 0.5) is 0 Å². The molecular weight excluding hydrogens is 252 g/mol. The Hall–Kier alpha value is 0.270. The largest absolute Gasteiger partial charge is 0.308 e. The number of thioether (sulfide) groups is 1. The minimum Gasteiger partial charge on any atom is -0.308 e. The first kappa shape index (κ1) is 15.7. The fraction of sp³-hybridized carbons (Fsp3) is 1.00. The second-order valence-corrected chi connectivity index (χ2v) is 7.93. The minimum atomic E-state index is 0.405. The smallest absolute Gasteiger partial charge is 0.0309 e. The Labute approximate surface area is 124 Å². The van der Waals surface area contributed by atoms with E-state index < -0.39 is 0 Å². The average Bonchev–Trinajstić information content (AvgIpc) is 3.23. The third kappa shape index (κ3) is 4.37. The fourth-order valence-electron chi connectivity index (χ4n) is 3.47. The Morgan fingerprint density at radius 2 is 2.11 bits per heavy atom. The molecule has 1 saturated heterocycles. The van der Waals surface area contributed by atoms with Gasteiger partial charge in [-0.1, -0.05) is 20.3 Å². The zero-order valence-corrected chi connectivity index (χ0v) is 13.9. The van der Waals surface area contributed by atoms with Crippen LogP contribution in [0, 0.1) is 5.92 Å². The van der Waals surface area contributed by atoms with Crippen molar-refractivity contribution in [1.82, 2.24) is 10.2 Å². The first-order valence-corrected chi connectivity index (χ1v) is 9.42. The molecule has 2 atom stereocenters. The number of rotatable bonds is 8. The van der Waals surface area contributed by atoms with Gasteiger partial charge in [0.1, 0.15) is 0 Å². The number of piperazine rings is 1. The second kappa shape index (κ2) is 7.33. The van der Waals surface area contributed by atoms with E-state index in [2.05, 4.69) is 42.7 Å². The molecule has 1 N–H and O–H groups in total. The van der Waals surface area contributed by atoms with Gasteiger partial charge in [-0.2, -0.15) is 11.8 Å². The van der Waals surface area contributed by atoms with Crippen molar-refractivity contribution in [2.75, 3.05) is 31.1 Å². The van der Waals surface area contributed by atoms with E-state index in [0.717, 1.165) is 12.0 Å². The van der Waals surface area contributed by atoms with Crippen LogP contribution in [0.5, 0.6) is 0 Å². The Morgan fingerprint density at radius 1 is 1.32 bits per heavy atom. The maximum Gasteiger partial charge on any atom is 0.0309 e. The first-order chi connectivity index (χ1) is 9.19. The Morgan fingerprint density at radius 3 is 2.74 bits per heavy atom. The van der Waals surface area contributed by atoms with Gasteiger partial charge in [0.2, 0.25) is 0 Å². The van der Waals surface area contributed by atoms with Gasteiger partial charge in [0, 0.05) is 24.7 Å². The second-order valence-electron chi connectivity index (χ2n) is 6.54. The van der Waals surface area contributed by atoms with Crippen LogP contribution in [0.1, 0.15) is 52.9 Å². The van der Waals surface area contributed by atoms with Gasteiger partial charge in [-0.05, 0) is 56.6 Å².